The predicted molar refractivity (Wildman–Crippen MR) is 60.1 cm³/mol. The van der Waals surface area contributed by atoms with E-state index in [4.69, 9.17) is 10.00 Å². The van der Waals surface area contributed by atoms with Gasteiger partial charge in [-0.3, -0.25) is 4.98 Å². The molecule has 0 aliphatic carbocycles. The van der Waals surface area contributed by atoms with Crippen molar-refractivity contribution in [3.8, 4) is 11.8 Å². The Bertz CT molecular complexity index is 380. The minimum atomic E-state index is 0.403. The van der Waals surface area contributed by atoms with Gasteiger partial charge in [-0.25, -0.2) is 0 Å². The van der Waals surface area contributed by atoms with Crippen LogP contribution in [0.1, 0.15) is 24.8 Å². The second kappa shape index (κ2) is 5.47. The highest BCUT2D eigenvalue weighted by Gasteiger charge is 2.13. The van der Waals surface area contributed by atoms with E-state index in [1.807, 2.05) is 0 Å². The zero-order valence-electron chi connectivity index (χ0n) is 9.15. The highest BCUT2D eigenvalue weighted by atomic mass is 16.5. The molecule has 84 valence electrons. The second-order valence-corrected chi connectivity index (χ2v) is 3.94. The molecule has 1 fully saturated rings. The summed E-state index contributed by atoms with van der Waals surface area (Å²) in [6.07, 6.45) is 6.83. The number of nitrogens with zero attached hydrogens (tertiary/aromatic N) is 2. The predicted octanol–water partition coefficient (Wildman–Crippen LogP) is 1.47. The van der Waals surface area contributed by atoms with Crippen LogP contribution in [0.15, 0.2) is 18.5 Å². The van der Waals surface area contributed by atoms with Crippen molar-refractivity contribution in [2.75, 3.05) is 13.2 Å². The van der Waals surface area contributed by atoms with Gasteiger partial charge in [0.15, 0.2) is 5.75 Å². The molecule has 2 heterocycles. The van der Waals surface area contributed by atoms with E-state index in [1.54, 1.807) is 18.5 Å². The summed E-state index contributed by atoms with van der Waals surface area (Å²) in [4.78, 5) is 3.96. The summed E-state index contributed by atoms with van der Waals surface area (Å²) < 4.78 is 5.62. The number of aromatic nitrogens is 1. The Labute approximate surface area is 95.3 Å². The van der Waals surface area contributed by atoms with Crippen LogP contribution < -0.4 is 10.1 Å². The quantitative estimate of drug-likeness (QED) is 0.833. The van der Waals surface area contributed by atoms with E-state index >= 15 is 0 Å². The van der Waals surface area contributed by atoms with Crippen molar-refractivity contribution < 1.29 is 4.74 Å². The molecule has 1 aromatic rings. The summed E-state index contributed by atoms with van der Waals surface area (Å²) in [5, 5.41) is 12.3. The van der Waals surface area contributed by atoms with E-state index in [2.05, 4.69) is 16.4 Å². The van der Waals surface area contributed by atoms with Crippen LogP contribution in [0.4, 0.5) is 0 Å². The van der Waals surface area contributed by atoms with Crippen LogP contribution in [0.5, 0.6) is 5.75 Å². The van der Waals surface area contributed by atoms with Gasteiger partial charge in [0.05, 0.1) is 11.8 Å². The molecule has 1 aliphatic rings. The van der Waals surface area contributed by atoms with E-state index in [0.29, 0.717) is 24.0 Å². The maximum absolute atomic E-state index is 8.88. The number of nitriles is 1. The third-order valence-corrected chi connectivity index (χ3v) is 2.76. The summed E-state index contributed by atoms with van der Waals surface area (Å²) in [5.74, 6) is 0.581. The van der Waals surface area contributed by atoms with Crippen molar-refractivity contribution in [3.05, 3.63) is 24.0 Å². The van der Waals surface area contributed by atoms with Crippen molar-refractivity contribution in [1.29, 1.82) is 5.26 Å². The van der Waals surface area contributed by atoms with E-state index in [-0.39, 0.29) is 0 Å². The van der Waals surface area contributed by atoms with Crippen LogP contribution in [0.3, 0.4) is 0 Å². The number of rotatable bonds is 3. The van der Waals surface area contributed by atoms with E-state index < -0.39 is 0 Å². The summed E-state index contributed by atoms with van der Waals surface area (Å²) in [5.41, 5.74) is 0.547. The molecule has 0 amide bonds. The maximum Gasteiger partial charge on any atom is 0.155 e. The fraction of sp³-hybridized carbons (Fsp3) is 0.500. The lowest BCUT2D eigenvalue weighted by Crippen LogP contribution is -2.38. The van der Waals surface area contributed by atoms with Crippen molar-refractivity contribution in [2.45, 2.75) is 25.3 Å². The fourth-order valence-electron chi connectivity index (χ4n) is 1.84. The van der Waals surface area contributed by atoms with Gasteiger partial charge in [0, 0.05) is 12.2 Å². The third-order valence-electron chi connectivity index (χ3n) is 2.76. The average Bonchev–Trinajstić information content (AvgIpc) is 2.38. The van der Waals surface area contributed by atoms with Gasteiger partial charge in [0.2, 0.25) is 0 Å². The number of ether oxygens (including phenoxy) is 1. The van der Waals surface area contributed by atoms with E-state index in [1.165, 1.54) is 12.8 Å². The molecule has 0 radical (unpaired) electrons. The molecule has 1 atom stereocenters. The van der Waals surface area contributed by atoms with Gasteiger partial charge in [0.25, 0.3) is 0 Å². The molecule has 1 saturated heterocycles. The molecule has 0 aromatic carbocycles. The lowest BCUT2D eigenvalue weighted by Gasteiger charge is -2.23. The molecule has 0 spiro atoms. The molecule has 1 N–H and O–H groups in total. The van der Waals surface area contributed by atoms with E-state index in [9.17, 15) is 0 Å². The van der Waals surface area contributed by atoms with Crippen molar-refractivity contribution in [3.63, 3.8) is 0 Å². The molecule has 0 bridgehead atoms. The monoisotopic (exact) mass is 217 g/mol. The van der Waals surface area contributed by atoms with Crippen LogP contribution in [0, 0.1) is 11.3 Å². The zero-order chi connectivity index (χ0) is 11.2. The fourth-order valence-corrected chi connectivity index (χ4v) is 1.84. The molecule has 4 nitrogen and oxygen atoms in total. The largest absolute Gasteiger partial charge is 0.489 e. The molecular weight excluding hydrogens is 202 g/mol. The number of pyridine rings is 1. The van der Waals surface area contributed by atoms with Gasteiger partial charge in [-0.15, -0.1) is 0 Å². The highest BCUT2D eigenvalue weighted by Crippen LogP contribution is 2.16. The van der Waals surface area contributed by atoms with Crippen LogP contribution in [-0.4, -0.2) is 24.2 Å². The van der Waals surface area contributed by atoms with Crippen molar-refractivity contribution in [1.82, 2.24) is 10.3 Å². The summed E-state index contributed by atoms with van der Waals surface area (Å²) in [7, 11) is 0. The minimum Gasteiger partial charge on any atom is -0.489 e. The first-order valence-electron chi connectivity index (χ1n) is 5.60. The molecule has 1 aromatic heterocycles. The Hall–Kier alpha value is -1.60. The Morgan fingerprint density at radius 3 is 3.25 bits per heavy atom. The van der Waals surface area contributed by atoms with Crippen LogP contribution in [-0.2, 0) is 0 Å². The Balaban J connectivity index is 1.91. The molecule has 1 unspecified atom stereocenters. The highest BCUT2D eigenvalue weighted by molar-refractivity contribution is 5.40. The van der Waals surface area contributed by atoms with Crippen LogP contribution in [0.25, 0.3) is 0 Å². The first-order valence-corrected chi connectivity index (χ1v) is 5.60. The second-order valence-electron chi connectivity index (χ2n) is 3.94. The van der Waals surface area contributed by atoms with Gasteiger partial charge in [-0.2, -0.15) is 5.26 Å². The Morgan fingerprint density at radius 2 is 2.50 bits per heavy atom. The minimum absolute atomic E-state index is 0.403. The first kappa shape index (κ1) is 10.9. The van der Waals surface area contributed by atoms with Crippen LogP contribution >= 0.6 is 0 Å². The SMILES string of the molecule is N#Cc1ccncc1OCC1CCCCN1. The topological polar surface area (TPSA) is 57.9 Å². The summed E-state index contributed by atoms with van der Waals surface area (Å²) >= 11 is 0. The first-order chi connectivity index (χ1) is 7.90. The number of piperidine rings is 1. The standard InChI is InChI=1S/C12H15N3O/c13-7-10-4-6-14-8-12(10)16-9-11-3-1-2-5-15-11/h4,6,8,11,15H,1-3,5,9H2. The van der Waals surface area contributed by atoms with Crippen molar-refractivity contribution >= 4 is 0 Å². The van der Waals surface area contributed by atoms with Crippen LogP contribution in [0.2, 0.25) is 0 Å². The Morgan fingerprint density at radius 1 is 1.56 bits per heavy atom. The lowest BCUT2D eigenvalue weighted by molar-refractivity contribution is 0.238. The molecule has 0 saturated carbocycles. The summed E-state index contributed by atoms with van der Waals surface area (Å²) in [6, 6.07) is 4.17. The smallest absolute Gasteiger partial charge is 0.155 e. The van der Waals surface area contributed by atoms with Crippen molar-refractivity contribution in [2.24, 2.45) is 0 Å². The van der Waals surface area contributed by atoms with Gasteiger partial charge in [-0.1, -0.05) is 6.42 Å². The number of nitrogens with one attached hydrogen (secondary N) is 1. The van der Waals surface area contributed by atoms with Gasteiger partial charge in [0.1, 0.15) is 12.7 Å². The molecule has 16 heavy (non-hydrogen) atoms. The average molecular weight is 217 g/mol. The molecule has 1 aliphatic heterocycles. The van der Waals surface area contributed by atoms with Gasteiger partial charge in [-0.05, 0) is 25.5 Å². The molecular formula is C12H15N3O. The Kier molecular flexibility index (Phi) is 3.73. The van der Waals surface area contributed by atoms with E-state index in [0.717, 1.165) is 13.0 Å². The van der Waals surface area contributed by atoms with Gasteiger partial charge < -0.3 is 10.1 Å². The summed E-state index contributed by atoms with van der Waals surface area (Å²) in [6.45, 7) is 1.67. The zero-order valence-corrected chi connectivity index (χ0v) is 9.15. The van der Waals surface area contributed by atoms with Gasteiger partial charge >= 0.3 is 0 Å². The lowest BCUT2D eigenvalue weighted by atomic mass is 10.1. The maximum atomic E-state index is 8.88. The number of hydrogen-bond donors (Lipinski definition) is 1. The molecule has 4 heteroatoms. The normalized spacial score (nSPS) is 20.1. The number of hydrogen-bond acceptors (Lipinski definition) is 4. The molecule has 2 rings (SSSR count). The third kappa shape index (κ3) is 2.71.